The third-order valence-corrected chi connectivity index (χ3v) is 4.89. The fourth-order valence-corrected chi connectivity index (χ4v) is 3.46. The van der Waals surface area contributed by atoms with Gasteiger partial charge in [-0.3, -0.25) is 0 Å². The maximum absolute atomic E-state index is 5.58. The topological polar surface area (TPSA) is 25.2 Å². The molecular formula is C12H13BrINOS. The summed E-state index contributed by atoms with van der Waals surface area (Å²) in [5.41, 5.74) is 1.27. The summed E-state index contributed by atoms with van der Waals surface area (Å²) in [6.07, 6.45) is 2.83. The highest BCUT2D eigenvalue weighted by Crippen LogP contribution is 2.32. The van der Waals surface area contributed by atoms with Gasteiger partial charge in [-0.25, -0.2) is 0 Å². The van der Waals surface area contributed by atoms with Gasteiger partial charge in [-0.1, -0.05) is 6.92 Å². The van der Waals surface area contributed by atoms with Crippen molar-refractivity contribution in [1.29, 1.82) is 0 Å². The van der Waals surface area contributed by atoms with Crippen LogP contribution in [0.2, 0.25) is 0 Å². The Morgan fingerprint density at radius 2 is 2.41 bits per heavy atom. The van der Waals surface area contributed by atoms with Crippen molar-refractivity contribution in [2.24, 2.45) is 0 Å². The number of hydrogen-bond acceptors (Lipinski definition) is 3. The molecule has 0 saturated carbocycles. The Hall–Kier alpha value is 0.150. The van der Waals surface area contributed by atoms with Crippen LogP contribution in [-0.4, -0.2) is 6.54 Å². The van der Waals surface area contributed by atoms with Gasteiger partial charge in [-0.05, 0) is 74.6 Å². The monoisotopic (exact) mass is 425 g/mol. The van der Waals surface area contributed by atoms with Gasteiger partial charge in [0.15, 0.2) is 0 Å². The molecule has 5 heteroatoms. The molecule has 0 fully saturated rings. The number of thiophene rings is 1. The molecule has 17 heavy (non-hydrogen) atoms. The van der Waals surface area contributed by atoms with Gasteiger partial charge in [0, 0.05) is 0 Å². The van der Waals surface area contributed by atoms with Crippen molar-refractivity contribution < 1.29 is 4.42 Å². The number of halogens is 2. The van der Waals surface area contributed by atoms with Crippen LogP contribution < -0.4 is 5.32 Å². The van der Waals surface area contributed by atoms with Crippen molar-refractivity contribution in [3.63, 3.8) is 0 Å². The van der Waals surface area contributed by atoms with Gasteiger partial charge < -0.3 is 9.73 Å². The number of hydrogen-bond donors (Lipinski definition) is 1. The molecule has 1 atom stereocenters. The van der Waals surface area contributed by atoms with Crippen molar-refractivity contribution in [3.05, 3.63) is 42.5 Å². The molecule has 0 amide bonds. The van der Waals surface area contributed by atoms with Crippen LogP contribution in [0.1, 0.15) is 30.7 Å². The minimum absolute atomic E-state index is 0.138. The fraction of sp³-hybridized carbons (Fsp3) is 0.333. The van der Waals surface area contributed by atoms with Crippen LogP contribution in [-0.2, 0) is 0 Å². The molecular weight excluding hydrogens is 413 g/mol. The van der Waals surface area contributed by atoms with Crippen molar-refractivity contribution in [2.75, 3.05) is 6.54 Å². The molecule has 1 N–H and O–H groups in total. The zero-order valence-corrected chi connectivity index (χ0v) is 13.9. The minimum atomic E-state index is 0.138. The van der Waals surface area contributed by atoms with Crippen LogP contribution >= 0.6 is 49.9 Å². The molecule has 2 aromatic heterocycles. The second-order valence-electron chi connectivity index (χ2n) is 3.70. The van der Waals surface area contributed by atoms with E-state index in [4.69, 9.17) is 4.42 Å². The Morgan fingerprint density at radius 3 is 2.94 bits per heavy atom. The standard InChI is InChI=1S/C12H13BrINOS/c1-2-4-15-11(8-6-10(14)17-7-8)12-9(13)3-5-16-12/h3,5-7,11,15H,2,4H2,1H3. The van der Waals surface area contributed by atoms with Crippen LogP contribution in [0.25, 0.3) is 0 Å². The van der Waals surface area contributed by atoms with Crippen LogP contribution in [0, 0.1) is 2.88 Å². The van der Waals surface area contributed by atoms with E-state index in [9.17, 15) is 0 Å². The van der Waals surface area contributed by atoms with Crippen LogP contribution in [0.5, 0.6) is 0 Å². The Bertz CT molecular complexity index is 482. The lowest BCUT2D eigenvalue weighted by Crippen LogP contribution is -2.22. The van der Waals surface area contributed by atoms with Gasteiger partial charge in [0.2, 0.25) is 0 Å². The van der Waals surface area contributed by atoms with Gasteiger partial charge in [-0.2, -0.15) is 0 Å². The van der Waals surface area contributed by atoms with E-state index in [2.05, 4.69) is 62.2 Å². The molecule has 2 nitrogen and oxygen atoms in total. The summed E-state index contributed by atoms with van der Waals surface area (Å²) in [6, 6.07) is 4.28. The molecule has 2 heterocycles. The molecule has 2 rings (SSSR count). The summed E-state index contributed by atoms with van der Waals surface area (Å²) in [5, 5.41) is 5.71. The predicted molar refractivity (Wildman–Crippen MR) is 83.6 cm³/mol. The average molecular weight is 426 g/mol. The van der Waals surface area contributed by atoms with Crippen molar-refractivity contribution >= 4 is 49.9 Å². The Balaban J connectivity index is 2.28. The summed E-state index contributed by atoms with van der Waals surface area (Å²) < 4.78 is 7.90. The minimum Gasteiger partial charge on any atom is -0.466 e. The molecule has 0 bridgehead atoms. The average Bonchev–Trinajstić information content (AvgIpc) is 2.90. The zero-order valence-electron chi connectivity index (χ0n) is 9.37. The van der Waals surface area contributed by atoms with Gasteiger partial charge >= 0.3 is 0 Å². The molecule has 1 unspecified atom stereocenters. The van der Waals surface area contributed by atoms with Crippen LogP contribution in [0.15, 0.2) is 32.7 Å². The predicted octanol–water partition coefficient (Wildman–Crippen LogP) is 4.80. The third-order valence-electron chi connectivity index (χ3n) is 2.43. The quantitative estimate of drug-likeness (QED) is 0.696. The molecule has 92 valence electrons. The van der Waals surface area contributed by atoms with E-state index < -0.39 is 0 Å². The smallest absolute Gasteiger partial charge is 0.139 e. The molecule has 0 saturated heterocycles. The van der Waals surface area contributed by atoms with Crippen LogP contribution in [0.4, 0.5) is 0 Å². The lowest BCUT2D eigenvalue weighted by molar-refractivity contribution is 0.445. The van der Waals surface area contributed by atoms with E-state index in [1.54, 1.807) is 17.6 Å². The van der Waals surface area contributed by atoms with Crippen molar-refractivity contribution in [3.8, 4) is 0 Å². The first kappa shape index (κ1) is 13.6. The van der Waals surface area contributed by atoms with E-state index in [0.717, 1.165) is 23.2 Å². The third kappa shape index (κ3) is 3.33. The summed E-state index contributed by atoms with van der Waals surface area (Å²) in [4.78, 5) is 0. The second kappa shape index (κ2) is 6.36. The lowest BCUT2D eigenvalue weighted by atomic mass is 10.1. The molecule has 2 aromatic rings. The molecule has 0 aliphatic heterocycles. The van der Waals surface area contributed by atoms with Gasteiger partial charge in [0.1, 0.15) is 5.76 Å². The first-order valence-corrected chi connectivity index (χ1v) is 8.17. The first-order valence-electron chi connectivity index (χ1n) is 5.42. The maximum Gasteiger partial charge on any atom is 0.139 e. The summed E-state index contributed by atoms with van der Waals surface area (Å²) in [7, 11) is 0. The van der Waals surface area contributed by atoms with E-state index >= 15 is 0 Å². The lowest BCUT2D eigenvalue weighted by Gasteiger charge is -2.15. The van der Waals surface area contributed by atoms with Gasteiger partial charge in [0.25, 0.3) is 0 Å². The van der Waals surface area contributed by atoms with E-state index in [1.807, 2.05) is 6.07 Å². The Kier molecular flexibility index (Phi) is 5.08. The SMILES string of the molecule is CCCNC(c1csc(I)c1)c1occc1Br. The Labute approximate surface area is 127 Å². The number of rotatable bonds is 5. The summed E-state index contributed by atoms with van der Waals surface area (Å²) in [6.45, 7) is 3.14. The fourth-order valence-electron chi connectivity index (χ4n) is 1.64. The maximum atomic E-state index is 5.58. The normalized spacial score (nSPS) is 12.9. The summed E-state index contributed by atoms with van der Waals surface area (Å²) in [5.74, 6) is 0.952. The van der Waals surface area contributed by atoms with Crippen molar-refractivity contribution in [1.82, 2.24) is 5.32 Å². The highest BCUT2D eigenvalue weighted by atomic mass is 127. The molecule has 0 aliphatic carbocycles. The first-order chi connectivity index (χ1) is 8.22. The van der Waals surface area contributed by atoms with Crippen LogP contribution in [0.3, 0.4) is 0 Å². The molecule has 0 spiro atoms. The number of furan rings is 1. The van der Waals surface area contributed by atoms with Gasteiger partial charge in [-0.15, -0.1) is 11.3 Å². The van der Waals surface area contributed by atoms with E-state index in [1.165, 1.54) is 8.45 Å². The zero-order chi connectivity index (χ0) is 12.3. The van der Waals surface area contributed by atoms with E-state index in [0.29, 0.717) is 0 Å². The second-order valence-corrected chi connectivity index (χ2v) is 7.36. The molecule has 0 radical (unpaired) electrons. The van der Waals surface area contributed by atoms with E-state index in [-0.39, 0.29) is 6.04 Å². The Morgan fingerprint density at radius 1 is 1.59 bits per heavy atom. The number of nitrogens with one attached hydrogen (secondary N) is 1. The van der Waals surface area contributed by atoms with Gasteiger partial charge in [0.05, 0.1) is 19.7 Å². The van der Waals surface area contributed by atoms with Crippen molar-refractivity contribution in [2.45, 2.75) is 19.4 Å². The summed E-state index contributed by atoms with van der Waals surface area (Å²) >= 11 is 7.64. The highest BCUT2D eigenvalue weighted by Gasteiger charge is 2.20. The largest absolute Gasteiger partial charge is 0.466 e. The molecule has 0 aromatic carbocycles. The molecule has 0 aliphatic rings. The highest BCUT2D eigenvalue weighted by molar-refractivity contribution is 14.1.